The van der Waals surface area contributed by atoms with E-state index >= 15 is 0 Å². The zero-order chi connectivity index (χ0) is 16.8. The molecule has 0 aliphatic carbocycles. The Morgan fingerprint density at radius 1 is 1.22 bits per heavy atom. The lowest BCUT2D eigenvalue weighted by atomic mass is 10.1. The summed E-state index contributed by atoms with van der Waals surface area (Å²) in [6.07, 6.45) is 1.30. The van der Waals surface area contributed by atoms with Crippen molar-refractivity contribution >= 4 is 28.1 Å². The Balaban J connectivity index is 2.52. The van der Waals surface area contributed by atoms with Crippen molar-refractivity contribution in [1.82, 2.24) is 4.57 Å². The van der Waals surface area contributed by atoms with Crippen LogP contribution in [-0.2, 0) is 11.3 Å². The third-order valence-corrected chi connectivity index (χ3v) is 4.10. The molecule has 0 aliphatic rings. The van der Waals surface area contributed by atoms with Crippen molar-refractivity contribution in [3.05, 3.63) is 51.1 Å². The molecule has 2 aromatic rings. The summed E-state index contributed by atoms with van der Waals surface area (Å²) in [5.41, 5.74) is 2.74. The van der Waals surface area contributed by atoms with Gasteiger partial charge in [0, 0.05) is 0 Å². The lowest BCUT2D eigenvalue weighted by molar-refractivity contribution is 0.343. The zero-order valence-electron chi connectivity index (χ0n) is 12.9. The fraction of sp³-hybridized carbons (Fsp3) is 0.235. The van der Waals surface area contributed by atoms with E-state index in [4.69, 9.17) is 4.74 Å². The fourth-order valence-electron chi connectivity index (χ4n) is 2.10. The molecule has 6 heteroatoms. The number of hydrogen-bond acceptors (Lipinski definition) is 4. The Hall–Kier alpha value is -2.57. The van der Waals surface area contributed by atoms with Gasteiger partial charge in [-0.3, -0.25) is 0 Å². The predicted molar refractivity (Wildman–Crippen MR) is 91.6 cm³/mol. The van der Waals surface area contributed by atoms with Crippen molar-refractivity contribution in [3.63, 3.8) is 0 Å². The van der Waals surface area contributed by atoms with E-state index in [1.807, 2.05) is 38.1 Å². The zero-order valence-corrected chi connectivity index (χ0v) is 14.5. The normalized spacial score (nSPS) is 10.5. The standard InChI is InChI=1S/C17H15BrN4O/c1-3-23-11-21-17-15(9-20)14(8-19)16(18)22(17)10-13-6-4-12(2)5-7-13/h4-7,11H,3,10H2,1-2H3/b21-11+. The van der Waals surface area contributed by atoms with Crippen LogP contribution in [0.25, 0.3) is 0 Å². The second-order valence-corrected chi connectivity index (χ2v) is 5.60. The number of nitriles is 2. The molecule has 0 amide bonds. The summed E-state index contributed by atoms with van der Waals surface area (Å²) in [5.74, 6) is 0.407. The number of halogens is 1. The average Bonchev–Trinajstić information content (AvgIpc) is 2.81. The number of rotatable bonds is 5. The van der Waals surface area contributed by atoms with Gasteiger partial charge in [0.1, 0.15) is 27.9 Å². The van der Waals surface area contributed by atoms with Crippen LogP contribution in [0.4, 0.5) is 5.82 Å². The molecule has 0 aliphatic heterocycles. The summed E-state index contributed by atoms with van der Waals surface area (Å²) in [5, 5.41) is 18.7. The molecule has 1 heterocycles. The minimum absolute atomic E-state index is 0.238. The maximum Gasteiger partial charge on any atom is 0.176 e. The molecule has 1 aromatic carbocycles. The van der Waals surface area contributed by atoms with Crippen LogP contribution in [0.15, 0.2) is 33.9 Å². The van der Waals surface area contributed by atoms with Crippen LogP contribution in [0.5, 0.6) is 0 Å². The van der Waals surface area contributed by atoms with Gasteiger partial charge in [-0.15, -0.1) is 0 Å². The third-order valence-electron chi connectivity index (χ3n) is 3.27. The van der Waals surface area contributed by atoms with E-state index in [-0.39, 0.29) is 11.1 Å². The maximum atomic E-state index is 9.38. The van der Waals surface area contributed by atoms with Gasteiger partial charge in [-0.2, -0.15) is 10.5 Å². The summed E-state index contributed by atoms with van der Waals surface area (Å²) < 4.78 is 7.46. The molecule has 5 nitrogen and oxygen atoms in total. The SMILES string of the molecule is CCO/C=N/c1c(C#N)c(C#N)c(Br)n1Cc1ccc(C)cc1. The first-order valence-corrected chi connectivity index (χ1v) is 7.83. The van der Waals surface area contributed by atoms with Crippen molar-refractivity contribution < 1.29 is 4.74 Å². The number of aryl methyl sites for hydroxylation is 1. The molecule has 23 heavy (non-hydrogen) atoms. The minimum Gasteiger partial charge on any atom is -0.483 e. The molecule has 0 atom stereocenters. The van der Waals surface area contributed by atoms with E-state index < -0.39 is 0 Å². The molecule has 0 radical (unpaired) electrons. The smallest absolute Gasteiger partial charge is 0.176 e. The van der Waals surface area contributed by atoms with Crippen LogP contribution in [0.1, 0.15) is 29.2 Å². The van der Waals surface area contributed by atoms with Gasteiger partial charge in [0.25, 0.3) is 0 Å². The highest BCUT2D eigenvalue weighted by Gasteiger charge is 2.21. The van der Waals surface area contributed by atoms with Crippen molar-refractivity contribution in [2.75, 3.05) is 6.61 Å². The summed E-state index contributed by atoms with van der Waals surface area (Å²) in [6, 6.07) is 12.2. The van der Waals surface area contributed by atoms with Crippen LogP contribution in [0.2, 0.25) is 0 Å². The molecular formula is C17H15BrN4O. The summed E-state index contributed by atoms with van der Waals surface area (Å²) in [6.45, 7) is 4.85. The minimum atomic E-state index is 0.238. The average molecular weight is 371 g/mol. The first-order chi connectivity index (χ1) is 11.1. The number of hydrogen-bond donors (Lipinski definition) is 0. The van der Waals surface area contributed by atoms with E-state index in [9.17, 15) is 10.5 Å². The monoisotopic (exact) mass is 370 g/mol. The molecule has 0 N–H and O–H groups in total. The molecule has 0 bridgehead atoms. The van der Waals surface area contributed by atoms with Crippen molar-refractivity contribution in [1.29, 1.82) is 10.5 Å². The summed E-state index contributed by atoms with van der Waals surface area (Å²) in [4.78, 5) is 4.22. The van der Waals surface area contributed by atoms with Gasteiger partial charge in [-0.1, -0.05) is 29.8 Å². The van der Waals surface area contributed by atoms with Crippen LogP contribution >= 0.6 is 15.9 Å². The van der Waals surface area contributed by atoms with Crippen molar-refractivity contribution in [2.45, 2.75) is 20.4 Å². The van der Waals surface area contributed by atoms with Crippen molar-refractivity contribution in [2.24, 2.45) is 4.99 Å². The van der Waals surface area contributed by atoms with Gasteiger partial charge < -0.3 is 9.30 Å². The highest BCUT2D eigenvalue weighted by atomic mass is 79.9. The van der Waals surface area contributed by atoms with Gasteiger partial charge in [0.2, 0.25) is 0 Å². The quantitative estimate of drug-likeness (QED) is 0.588. The molecule has 116 valence electrons. The van der Waals surface area contributed by atoms with Gasteiger partial charge in [-0.25, -0.2) is 4.99 Å². The Morgan fingerprint density at radius 2 is 1.87 bits per heavy atom. The highest BCUT2D eigenvalue weighted by Crippen LogP contribution is 2.33. The second-order valence-electron chi connectivity index (χ2n) is 4.85. The van der Waals surface area contributed by atoms with E-state index in [1.165, 1.54) is 12.0 Å². The molecular weight excluding hydrogens is 356 g/mol. The molecule has 0 spiro atoms. The maximum absolute atomic E-state index is 9.38. The van der Waals surface area contributed by atoms with E-state index in [0.717, 1.165) is 5.56 Å². The number of benzene rings is 1. The Labute approximate surface area is 143 Å². The van der Waals surface area contributed by atoms with E-state index in [1.54, 1.807) is 4.57 Å². The molecule has 1 aromatic heterocycles. The van der Waals surface area contributed by atoms with Gasteiger partial charge in [-0.05, 0) is 35.3 Å². The number of aromatic nitrogens is 1. The topological polar surface area (TPSA) is 74.1 Å². The Bertz CT molecular complexity index is 807. The highest BCUT2D eigenvalue weighted by molar-refractivity contribution is 9.10. The first kappa shape index (κ1) is 16.8. The summed E-state index contributed by atoms with van der Waals surface area (Å²) >= 11 is 3.41. The number of ether oxygens (including phenoxy) is 1. The van der Waals surface area contributed by atoms with Crippen LogP contribution in [0.3, 0.4) is 0 Å². The van der Waals surface area contributed by atoms with Crippen LogP contribution < -0.4 is 0 Å². The Kier molecular flexibility index (Phi) is 5.56. The first-order valence-electron chi connectivity index (χ1n) is 7.04. The van der Waals surface area contributed by atoms with Crippen LogP contribution in [0, 0.1) is 29.6 Å². The molecule has 0 saturated carbocycles. The third kappa shape index (κ3) is 3.61. The second kappa shape index (κ2) is 7.62. The molecule has 0 unspecified atom stereocenters. The lowest BCUT2D eigenvalue weighted by Crippen LogP contribution is -2.00. The van der Waals surface area contributed by atoms with Gasteiger partial charge >= 0.3 is 0 Å². The lowest BCUT2D eigenvalue weighted by Gasteiger charge is -2.08. The Morgan fingerprint density at radius 3 is 2.43 bits per heavy atom. The summed E-state index contributed by atoms with van der Waals surface area (Å²) in [7, 11) is 0. The van der Waals surface area contributed by atoms with Gasteiger partial charge in [0.05, 0.1) is 13.2 Å². The largest absolute Gasteiger partial charge is 0.483 e. The number of aliphatic imine (C=N–C) groups is 1. The molecule has 2 rings (SSSR count). The van der Waals surface area contributed by atoms with Crippen molar-refractivity contribution in [3.8, 4) is 12.1 Å². The predicted octanol–water partition coefficient (Wildman–Crippen LogP) is 4.05. The van der Waals surface area contributed by atoms with E-state index in [0.29, 0.717) is 23.6 Å². The fourth-order valence-corrected chi connectivity index (χ4v) is 2.68. The van der Waals surface area contributed by atoms with Crippen LogP contribution in [-0.4, -0.2) is 17.6 Å². The molecule has 0 saturated heterocycles. The van der Waals surface area contributed by atoms with Gasteiger partial charge in [0.15, 0.2) is 12.2 Å². The number of nitrogens with zero attached hydrogens (tertiary/aromatic N) is 4. The molecule has 0 fully saturated rings. The van der Waals surface area contributed by atoms with E-state index in [2.05, 4.69) is 33.1 Å².